The van der Waals surface area contributed by atoms with Gasteiger partial charge in [-0.2, -0.15) is 9.73 Å². The number of pyridine rings is 3. The first kappa shape index (κ1) is 17.6. The van der Waals surface area contributed by atoms with Gasteiger partial charge in [-0.05, 0) is 49.6 Å². The Bertz CT molecular complexity index is 1610. The summed E-state index contributed by atoms with van der Waals surface area (Å²) in [6, 6.07) is 10.0. The van der Waals surface area contributed by atoms with Gasteiger partial charge in [-0.15, -0.1) is 0 Å². The summed E-state index contributed by atoms with van der Waals surface area (Å²) in [4.78, 5) is 14.7. The van der Waals surface area contributed by atoms with Gasteiger partial charge >= 0.3 is 0 Å². The van der Waals surface area contributed by atoms with Gasteiger partial charge in [0.2, 0.25) is 4.21 Å². The second-order valence-electron chi connectivity index (χ2n) is 7.86. The normalized spacial score (nSPS) is 15.9. The average molecular weight is 445 g/mol. The molecule has 6 aromatic rings. The molecule has 7 nitrogen and oxygen atoms in total. The minimum absolute atomic E-state index is 0.241. The maximum Gasteiger partial charge on any atom is 0.234 e. The number of nitrogens with one attached hydrogen (secondary N) is 1. The van der Waals surface area contributed by atoms with Gasteiger partial charge in [0.05, 0.1) is 22.8 Å². The summed E-state index contributed by atoms with van der Waals surface area (Å²) in [5, 5.41) is 11.1. The lowest BCUT2D eigenvalue weighted by molar-refractivity contribution is 0.478. The Morgan fingerprint density at radius 3 is 2.97 bits per heavy atom. The first-order valence-electron chi connectivity index (χ1n) is 10.2. The van der Waals surface area contributed by atoms with E-state index in [1.165, 1.54) is 11.3 Å². The van der Waals surface area contributed by atoms with Crippen LogP contribution < -0.4 is 0 Å². The molecule has 1 atom stereocenters. The predicted molar refractivity (Wildman–Crippen MR) is 123 cm³/mol. The number of hydrogen-bond donors (Lipinski definition) is 1. The fourth-order valence-electron chi connectivity index (χ4n) is 4.22. The maximum atomic E-state index is 13.3. The van der Waals surface area contributed by atoms with Gasteiger partial charge < -0.3 is 4.55 Å². The van der Waals surface area contributed by atoms with E-state index in [0.717, 1.165) is 66.8 Å². The molecular weight excluding hydrogens is 428 g/mol. The Hall–Kier alpha value is -3.01. The molecule has 0 radical (unpaired) electrons. The standard InChI is InChI=1S/C22H16N6OS2/c29-31(14-4-1-5-14)22-19-18-15(17-6-8-25-28(17)27-19)10-16(26-21(18)30-22)13-9-12-3-2-7-23-20(12)24-11-13/h2-3,6-11,14,27H,1,4-5H2. The minimum Gasteiger partial charge on any atom is -0.611 e. The maximum absolute atomic E-state index is 13.3. The highest BCUT2D eigenvalue weighted by Crippen LogP contribution is 2.43. The van der Waals surface area contributed by atoms with Crippen LogP contribution in [0.2, 0.25) is 0 Å². The molecule has 6 aromatic heterocycles. The van der Waals surface area contributed by atoms with Crippen LogP contribution >= 0.6 is 11.3 Å². The van der Waals surface area contributed by atoms with Crippen LogP contribution in [-0.2, 0) is 11.2 Å². The van der Waals surface area contributed by atoms with Crippen LogP contribution in [0.4, 0.5) is 0 Å². The molecule has 0 bridgehead atoms. The number of H-pyrrole nitrogens is 1. The highest BCUT2D eigenvalue weighted by atomic mass is 32.2. The number of rotatable bonds is 3. The van der Waals surface area contributed by atoms with Gasteiger partial charge in [0, 0.05) is 39.9 Å². The lowest BCUT2D eigenvalue weighted by atomic mass is 10.0. The third kappa shape index (κ3) is 2.57. The van der Waals surface area contributed by atoms with Gasteiger partial charge in [0.25, 0.3) is 0 Å². The molecule has 0 amide bonds. The van der Waals surface area contributed by atoms with Crippen molar-refractivity contribution >= 4 is 60.2 Å². The molecular formula is C22H16N6OS2. The summed E-state index contributed by atoms with van der Waals surface area (Å²) in [7, 11) is 0. The van der Waals surface area contributed by atoms with Gasteiger partial charge in [0.1, 0.15) is 15.6 Å². The fourth-order valence-corrected chi connectivity index (χ4v) is 7.49. The quantitative estimate of drug-likeness (QED) is 0.399. The molecule has 31 heavy (non-hydrogen) atoms. The van der Waals surface area contributed by atoms with E-state index in [1.54, 1.807) is 17.0 Å². The largest absolute Gasteiger partial charge is 0.611 e. The second-order valence-corrected chi connectivity index (χ2v) is 10.8. The SMILES string of the molecule is [O-][S+](c1sc2nc(-c3cnc4ncccc4c3)cc3c2c1[nH]n1nccc31)C1CCC1. The number of aromatic amines is 1. The molecule has 152 valence electrons. The zero-order chi connectivity index (χ0) is 20.5. The summed E-state index contributed by atoms with van der Waals surface area (Å²) in [6.45, 7) is 0. The van der Waals surface area contributed by atoms with Crippen molar-refractivity contribution in [2.45, 2.75) is 28.7 Å². The smallest absolute Gasteiger partial charge is 0.234 e. The number of hydrogen-bond acceptors (Lipinski definition) is 6. The first-order valence-corrected chi connectivity index (χ1v) is 12.2. The fraction of sp³-hybridized carbons (Fsp3) is 0.182. The van der Waals surface area contributed by atoms with E-state index in [9.17, 15) is 4.55 Å². The molecule has 1 fully saturated rings. The van der Waals surface area contributed by atoms with Crippen molar-refractivity contribution in [3.05, 3.63) is 48.9 Å². The van der Waals surface area contributed by atoms with Crippen LogP contribution in [0.25, 0.3) is 48.9 Å². The monoisotopic (exact) mass is 444 g/mol. The average Bonchev–Trinajstić information content (AvgIpc) is 3.38. The van der Waals surface area contributed by atoms with Crippen LogP contribution in [0.15, 0.2) is 53.1 Å². The van der Waals surface area contributed by atoms with Crippen LogP contribution in [0.1, 0.15) is 19.3 Å². The van der Waals surface area contributed by atoms with Gasteiger partial charge in [0.15, 0.2) is 5.65 Å². The number of thiophene rings is 1. The highest BCUT2D eigenvalue weighted by Gasteiger charge is 2.35. The molecule has 0 saturated heterocycles. The molecule has 1 saturated carbocycles. The van der Waals surface area contributed by atoms with Gasteiger partial charge in [-0.1, -0.05) is 11.3 Å². The van der Waals surface area contributed by atoms with E-state index >= 15 is 0 Å². The predicted octanol–water partition coefficient (Wildman–Crippen LogP) is 4.70. The highest BCUT2D eigenvalue weighted by molar-refractivity contribution is 7.94. The van der Waals surface area contributed by atoms with E-state index in [-0.39, 0.29) is 5.25 Å². The topological polar surface area (TPSA) is 94.8 Å². The minimum atomic E-state index is -1.04. The van der Waals surface area contributed by atoms with Crippen molar-refractivity contribution in [1.29, 1.82) is 0 Å². The lowest BCUT2D eigenvalue weighted by Crippen LogP contribution is -2.28. The van der Waals surface area contributed by atoms with Gasteiger partial charge in [-0.25, -0.2) is 15.0 Å². The lowest BCUT2D eigenvalue weighted by Gasteiger charge is -2.26. The molecule has 1 N–H and O–H groups in total. The summed E-state index contributed by atoms with van der Waals surface area (Å²) in [5.41, 5.74) is 4.34. The van der Waals surface area contributed by atoms with Crippen LogP contribution in [0.5, 0.6) is 0 Å². The Kier molecular flexibility index (Phi) is 3.70. The van der Waals surface area contributed by atoms with Crippen LogP contribution in [-0.4, -0.2) is 39.6 Å². The third-order valence-corrected chi connectivity index (χ3v) is 9.32. The van der Waals surface area contributed by atoms with Crippen LogP contribution in [0, 0.1) is 0 Å². The van der Waals surface area contributed by atoms with E-state index in [4.69, 9.17) is 4.98 Å². The Morgan fingerprint density at radius 1 is 1.16 bits per heavy atom. The summed E-state index contributed by atoms with van der Waals surface area (Å²) < 4.78 is 15.9. The zero-order valence-electron chi connectivity index (χ0n) is 16.3. The zero-order valence-corrected chi connectivity index (χ0v) is 17.9. The number of nitrogens with zero attached hydrogens (tertiary/aromatic N) is 5. The molecule has 1 aliphatic rings. The Balaban J connectivity index is 1.52. The Labute approximate surface area is 183 Å². The van der Waals surface area contributed by atoms with Gasteiger partial charge in [-0.3, -0.25) is 5.10 Å². The molecule has 7 rings (SSSR count). The third-order valence-electron chi connectivity index (χ3n) is 6.05. The van der Waals surface area contributed by atoms with E-state index in [0.29, 0.717) is 5.65 Å². The van der Waals surface area contributed by atoms with Crippen molar-refractivity contribution in [2.24, 2.45) is 0 Å². The molecule has 6 heterocycles. The Morgan fingerprint density at radius 2 is 2.10 bits per heavy atom. The molecule has 1 aliphatic carbocycles. The van der Waals surface area contributed by atoms with E-state index in [2.05, 4.69) is 32.3 Å². The van der Waals surface area contributed by atoms with Crippen molar-refractivity contribution in [2.75, 3.05) is 0 Å². The molecule has 9 heteroatoms. The second kappa shape index (κ2) is 6.49. The number of fused-ring (bicyclic) bond motifs is 3. The molecule has 0 aromatic carbocycles. The van der Waals surface area contributed by atoms with Crippen LogP contribution in [0.3, 0.4) is 0 Å². The summed E-state index contributed by atoms with van der Waals surface area (Å²) >= 11 is 0.487. The van der Waals surface area contributed by atoms with E-state index in [1.807, 2.05) is 24.4 Å². The van der Waals surface area contributed by atoms with Crippen molar-refractivity contribution in [3.63, 3.8) is 0 Å². The van der Waals surface area contributed by atoms with Crippen molar-refractivity contribution in [1.82, 2.24) is 29.8 Å². The van der Waals surface area contributed by atoms with E-state index < -0.39 is 11.2 Å². The first-order chi connectivity index (χ1) is 15.3. The summed E-state index contributed by atoms with van der Waals surface area (Å²) in [5.74, 6) is 0. The molecule has 1 unspecified atom stereocenters. The van der Waals surface area contributed by atoms with Crippen molar-refractivity contribution < 1.29 is 4.55 Å². The van der Waals surface area contributed by atoms with Crippen molar-refractivity contribution in [3.8, 4) is 11.3 Å². The molecule has 0 spiro atoms. The number of aromatic nitrogens is 6. The summed E-state index contributed by atoms with van der Waals surface area (Å²) in [6.07, 6.45) is 8.54. The molecule has 0 aliphatic heterocycles.